The number of morpholine rings is 1. The third-order valence-corrected chi connectivity index (χ3v) is 7.16. The number of hydrogen-bond acceptors (Lipinski definition) is 4. The fourth-order valence-electron chi connectivity index (χ4n) is 3.95. The molecule has 1 saturated heterocycles. The Balaban J connectivity index is 1.58. The van der Waals surface area contributed by atoms with Crippen molar-refractivity contribution < 1.29 is 4.74 Å². The van der Waals surface area contributed by atoms with Gasteiger partial charge in [0.15, 0.2) is 5.96 Å². The maximum absolute atomic E-state index is 5.55. The number of hydrogen-bond donors (Lipinski definition) is 2. The third-order valence-electron chi connectivity index (χ3n) is 6.06. The summed E-state index contributed by atoms with van der Waals surface area (Å²) in [7, 11) is 1.87. The smallest absolute Gasteiger partial charge is 0.191 e. The van der Waals surface area contributed by atoms with Gasteiger partial charge in [0.1, 0.15) is 0 Å². The van der Waals surface area contributed by atoms with Gasteiger partial charge in [-0.2, -0.15) is 0 Å². The van der Waals surface area contributed by atoms with E-state index in [1.807, 2.05) is 18.4 Å². The summed E-state index contributed by atoms with van der Waals surface area (Å²) in [5.74, 6) is 0.927. The third kappa shape index (κ3) is 4.78. The fraction of sp³-hybridized carbons (Fsp3) is 0.750. The summed E-state index contributed by atoms with van der Waals surface area (Å²) in [6, 6.07) is 4.88. The molecule has 3 rings (SSSR count). The number of rotatable bonds is 7. The van der Waals surface area contributed by atoms with Crippen molar-refractivity contribution in [3.63, 3.8) is 0 Å². The van der Waals surface area contributed by atoms with E-state index < -0.39 is 0 Å². The number of ether oxygens (including phenoxy) is 1. The highest BCUT2D eigenvalue weighted by Crippen LogP contribution is 2.43. The number of nitrogens with zero attached hydrogens (tertiary/aromatic N) is 2. The van der Waals surface area contributed by atoms with E-state index in [1.165, 1.54) is 35.4 Å². The molecule has 6 heteroatoms. The Bertz CT molecular complexity index is 585. The summed E-state index contributed by atoms with van der Waals surface area (Å²) >= 11 is 1.90. The molecule has 1 aromatic heterocycles. The molecule has 0 amide bonds. The number of aryl methyl sites for hydroxylation is 1. The molecule has 1 atom stereocenters. The molecule has 0 aromatic carbocycles. The Morgan fingerprint density at radius 3 is 2.62 bits per heavy atom. The molecule has 2 aliphatic rings. The lowest BCUT2D eigenvalue weighted by atomic mass is 9.67. The summed E-state index contributed by atoms with van der Waals surface area (Å²) in [5, 5.41) is 7.16. The van der Waals surface area contributed by atoms with Crippen molar-refractivity contribution in [2.75, 3.05) is 46.4 Å². The molecule has 2 N–H and O–H groups in total. The first-order chi connectivity index (χ1) is 12.7. The van der Waals surface area contributed by atoms with Crippen LogP contribution in [0.25, 0.3) is 0 Å². The van der Waals surface area contributed by atoms with E-state index in [0.717, 1.165) is 45.4 Å². The molecule has 5 nitrogen and oxygen atoms in total. The lowest BCUT2D eigenvalue weighted by molar-refractivity contribution is 0.0177. The second-order valence-corrected chi connectivity index (χ2v) is 8.95. The van der Waals surface area contributed by atoms with E-state index in [1.54, 1.807) is 0 Å². The monoisotopic (exact) mass is 378 g/mol. The van der Waals surface area contributed by atoms with Gasteiger partial charge in [0.05, 0.1) is 19.3 Å². The average Bonchev–Trinajstić information content (AvgIpc) is 3.06. The SMILES string of the molecule is CCC1(CNC(=NC)NCC(c2ccc(C)s2)N2CCOCC2)CCC1. The Morgan fingerprint density at radius 1 is 1.31 bits per heavy atom. The zero-order valence-electron chi connectivity index (χ0n) is 16.5. The fourth-order valence-corrected chi connectivity index (χ4v) is 4.96. The average molecular weight is 379 g/mol. The molecular formula is C20H34N4OS. The molecule has 2 heterocycles. The van der Waals surface area contributed by atoms with E-state index >= 15 is 0 Å². The van der Waals surface area contributed by atoms with Crippen molar-refractivity contribution in [1.29, 1.82) is 0 Å². The largest absolute Gasteiger partial charge is 0.379 e. The highest BCUT2D eigenvalue weighted by molar-refractivity contribution is 7.12. The van der Waals surface area contributed by atoms with Crippen LogP contribution in [0.4, 0.5) is 0 Å². The van der Waals surface area contributed by atoms with Crippen LogP contribution in [0.2, 0.25) is 0 Å². The first kappa shape index (κ1) is 19.6. The summed E-state index contributed by atoms with van der Waals surface area (Å²) in [6.45, 7) is 10.0. The lowest BCUT2D eigenvalue weighted by Gasteiger charge is -2.41. The van der Waals surface area contributed by atoms with E-state index in [2.05, 4.69) is 46.5 Å². The van der Waals surface area contributed by atoms with Crippen molar-refractivity contribution in [2.45, 2.75) is 45.6 Å². The van der Waals surface area contributed by atoms with Gasteiger partial charge in [-0.25, -0.2) is 0 Å². The molecule has 2 fully saturated rings. The van der Waals surface area contributed by atoms with Crippen LogP contribution >= 0.6 is 11.3 Å². The minimum Gasteiger partial charge on any atom is -0.379 e. The van der Waals surface area contributed by atoms with E-state index in [0.29, 0.717) is 11.5 Å². The minimum absolute atomic E-state index is 0.375. The quantitative estimate of drug-likeness (QED) is 0.565. The number of guanidine groups is 1. The lowest BCUT2D eigenvalue weighted by Crippen LogP contribution is -2.49. The van der Waals surface area contributed by atoms with Crippen LogP contribution in [-0.2, 0) is 4.74 Å². The summed E-state index contributed by atoms with van der Waals surface area (Å²) in [6.07, 6.45) is 5.32. The molecule has 0 bridgehead atoms. The standard InChI is InChI=1S/C20H34N4OS/c1-4-20(8-5-9-20)15-23-19(21-3)22-14-17(18-7-6-16(2)26-18)24-10-12-25-13-11-24/h6-7,17H,4-5,8-15H2,1-3H3,(H2,21,22,23). The minimum atomic E-state index is 0.375. The van der Waals surface area contributed by atoms with Gasteiger partial charge in [0, 0.05) is 43.0 Å². The maximum atomic E-state index is 5.55. The van der Waals surface area contributed by atoms with Gasteiger partial charge in [0.25, 0.3) is 0 Å². The highest BCUT2D eigenvalue weighted by Gasteiger charge is 2.35. The Kier molecular flexibility index (Phi) is 6.95. The van der Waals surface area contributed by atoms with Crippen LogP contribution in [0, 0.1) is 12.3 Å². The Hall–Kier alpha value is -1.11. The number of thiophene rings is 1. The molecule has 26 heavy (non-hydrogen) atoms. The van der Waals surface area contributed by atoms with Crippen LogP contribution in [0.15, 0.2) is 17.1 Å². The van der Waals surface area contributed by atoms with Gasteiger partial charge in [-0.05, 0) is 43.7 Å². The summed E-state index contributed by atoms with van der Waals surface area (Å²) in [5.41, 5.74) is 0.492. The number of aliphatic imine (C=N–C) groups is 1. The zero-order valence-corrected chi connectivity index (χ0v) is 17.3. The first-order valence-corrected chi connectivity index (χ1v) is 10.8. The van der Waals surface area contributed by atoms with Crippen LogP contribution in [0.5, 0.6) is 0 Å². The molecule has 1 unspecified atom stereocenters. The molecular weight excluding hydrogens is 344 g/mol. The molecule has 1 aromatic rings. The first-order valence-electron chi connectivity index (χ1n) is 9.98. The number of nitrogens with one attached hydrogen (secondary N) is 2. The molecule has 146 valence electrons. The second-order valence-electron chi connectivity index (χ2n) is 7.63. The van der Waals surface area contributed by atoms with E-state index in [-0.39, 0.29) is 0 Å². The summed E-state index contributed by atoms with van der Waals surface area (Å²) < 4.78 is 5.55. The predicted octanol–water partition coefficient (Wildman–Crippen LogP) is 3.18. The van der Waals surface area contributed by atoms with Gasteiger partial charge < -0.3 is 15.4 Å². The van der Waals surface area contributed by atoms with Gasteiger partial charge >= 0.3 is 0 Å². The van der Waals surface area contributed by atoms with Crippen molar-refractivity contribution in [3.8, 4) is 0 Å². The molecule has 1 saturated carbocycles. The van der Waals surface area contributed by atoms with Gasteiger partial charge in [0.2, 0.25) is 0 Å². The van der Waals surface area contributed by atoms with E-state index in [9.17, 15) is 0 Å². The Morgan fingerprint density at radius 2 is 2.08 bits per heavy atom. The van der Waals surface area contributed by atoms with Crippen molar-refractivity contribution in [2.24, 2.45) is 10.4 Å². The van der Waals surface area contributed by atoms with Crippen molar-refractivity contribution in [3.05, 3.63) is 21.9 Å². The van der Waals surface area contributed by atoms with Crippen LogP contribution in [0.3, 0.4) is 0 Å². The molecule has 1 aliphatic heterocycles. The van der Waals surface area contributed by atoms with E-state index in [4.69, 9.17) is 4.74 Å². The maximum Gasteiger partial charge on any atom is 0.191 e. The zero-order chi connectivity index (χ0) is 18.4. The van der Waals surface area contributed by atoms with Crippen molar-refractivity contribution in [1.82, 2.24) is 15.5 Å². The van der Waals surface area contributed by atoms with Gasteiger partial charge in [-0.1, -0.05) is 13.3 Å². The molecule has 0 spiro atoms. The van der Waals surface area contributed by atoms with Crippen LogP contribution in [0.1, 0.15) is 48.4 Å². The molecule has 1 aliphatic carbocycles. The van der Waals surface area contributed by atoms with Crippen molar-refractivity contribution >= 4 is 17.3 Å². The second kappa shape index (κ2) is 9.20. The Labute approximate surface area is 162 Å². The van der Waals surface area contributed by atoms with Crippen LogP contribution in [-0.4, -0.2) is 57.3 Å². The summed E-state index contributed by atoms with van der Waals surface area (Å²) in [4.78, 5) is 9.79. The van der Waals surface area contributed by atoms with Gasteiger partial charge in [-0.15, -0.1) is 11.3 Å². The molecule has 0 radical (unpaired) electrons. The van der Waals surface area contributed by atoms with Crippen LogP contribution < -0.4 is 10.6 Å². The predicted molar refractivity (Wildman–Crippen MR) is 110 cm³/mol. The normalized spacial score (nSPS) is 21.9. The van der Waals surface area contributed by atoms with Gasteiger partial charge in [-0.3, -0.25) is 9.89 Å². The topological polar surface area (TPSA) is 48.9 Å². The highest BCUT2D eigenvalue weighted by atomic mass is 32.1.